The monoisotopic (exact) mass is 316 g/mol. The van der Waals surface area contributed by atoms with E-state index >= 15 is 0 Å². The van der Waals surface area contributed by atoms with E-state index in [0.717, 1.165) is 12.8 Å². The summed E-state index contributed by atoms with van der Waals surface area (Å²) in [6.07, 6.45) is 9.05. The Morgan fingerprint density at radius 1 is 0.762 bits per heavy atom. The minimum absolute atomic E-state index is 0.0911. The van der Waals surface area contributed by atoms with Crippen molar-refractivity contribution in [3.05, 3.63) is 36.4 Å². The number of hydrogen-bond donors (Lipinski definition) is 1. The second-order valence-corrected chi connectivity index (χ2v) is 5.97. The molecule has 0 aliphatic heterocycles. The largest absolute Gasteiger partial charge is 0.397 e. The van der Waals surface area contributed by atoms with E-state index in [2.05, 4.69) is 11.1 Å². The first-order valence-electron chi connectivity index (χ1n) is 7.68. The van der Waals surface area contributed by atoms with E-state index in [4.69, 9.17) is 4.55 Å². The Balaban J connectivity index is 0.000000547. The fourth-order valence-electron chi connectivity index (χ4n) is 1.79. The Kier molecular flexibility index (Phi) is 13.4. The van der Waals surface area contributed by atoms with Gasteiger partial charge in [0, 0.05) is 0 Å². The second kappa shape index (κ2) is 14.0. The van der Waals surface area contributed by atoms with E-state index in [-0.39, 0.29) is 6.61 Å². The fraction of sp³-hybridized carbons (Fsp3) is 0.625. The van der Waals surface area contributed by atoms with Gasteiger partial charge in [0.1, 0.15) is 0 Å². The Labute approximate surface area is 129 Å². The summed E-state index contributed by atoms with van der Waals surface area (Å²) in [4.78, 5) is 0. The Morgan fingerprint density at radius 2 is 1.14 bits per heavy atom. The molecule has 1 rings (SSSR count). The molecule has 0 aromatic heterocycles. The van der Waals surface area contributed by atoms with E-state index in [1.807, 2.05) is 36.4 Å². The van der Waals surface area contributed by atoms with Crippen LogP contribution in [0.1, 0.15) is 58.3 Å². The molecular formula is C16H28O4S. The lowest BCUT2D eigenvalue weighted by atomic mass is 10.1. The van der Waals surface area contributed by atoms with Gasteiger partial charge in [0.25, 0.3) is 0 Å². The van der Waals surface area contributed by atoms with Gasteiger partial charge in [-0.3, -0.25) is 4.55 Å². The lowest BCUT2D eigenvalue weighted by Crippen LogP contribution is -2.04. The summed E-state index contributed by atoms with van der Waals surface area (Å²) < 4.78 is 32.8. The third kappa shape index (κ3) is 19.1. The molecule has 0 spiro atoms. The molecule has 0 saturated heterocycles. The van der Waals surface area contributed by atoms with Gasteiger partial charge >= 0.3 is 10.4 Å². The average Bonchev–Trinajstić information content (AvgIpc) is 2.47. The summed E-state index contributed by atoms with van der Waals surface area (Å²) in [7, 11) is -4.23. The Hall–Kier alpha value is -0.910. The van der Waals surface area contributed by atoms with Crippen LogP contribution < -0.4 is 0 Å². The van der Waals surface area contributed by atoms with Crippen molar-refractivity contribution < 1.29 is 17.2 Å². The van der Waals surface area contributed by atoms with Crippen LogP contribution in [0.3, 0.4) is 0 Å². The number of benzene rings is 1. The summed E-state index contributed by atoms with van der Waals surface area (Å²) in [6.45, 7) is 2.28. The van der Waals surface area contributed by atoms with E-state index in [1.54, 1.807) is 0 Å². The third-order valence-electron chi connectivity index (χ3n) is 2.90. The summed E-state index contributed by atoms with van der Waals surface area (Å²) in [6, 6.07) is 12.0. The zero-order chi connectivity index (χ0) is 15.8. The molecule has 0 saturated carbocycles. The van der Waals surface area contributed by atoms with Crippen LogP contribution >= 0.6 is 0 Å². The summed E-state index contributed by atoms with van der Waals surface area (Å²) in [5.41, 5.74) is 0. The Bertz CT molecular complexity index is 377. The molecule has 4 nitrogen and oxygen atoms in total. The molecule has 0 heterocycles. The van der Waals surface area contributed by atoms with Crippen LogP contribution in [0.2, 0.25) is 0 Å². The molecule has 122 valence electrons. The lowest BCUT2D eigenvalue weighted by molar-refractivity contribution is 0.261. The molecule has 1 aromatic carbocycles. The van der Waals surface area contributed by atoms with Crippen LogP contribution in [0, 0.1) is 0 Å². The van der Waals surface area contributed by atoms with Gasteiger partial charge in [-0.25, -0.2) is 4.18 Å². The van der Waals surface area contributed by atoms with Gasteiger partial charge in [-0.05, 0) is 6.42 Å². The molecule has 1 aromatic rings. The summed E-state index contributed by atoms with van der Waals surface area (Å²) in [5, 5.41) is 0. The van der Waals surface area contributed by atoms with Gasteiger partial charge in [0.05, 0.1) is 6.61 Å². The van der Waals surface area contributed by atoms with Crippen LogP contribution in [0.15, 0.2) is 36.4 Å². The molecule has 0 aliphatic rings. The molecule has 0 aliphatic carbocycles. The highest BCUT2D eigenvalue weighted by Crippen LogP contribution is 2.08. The smallest absolute Gasteiger partial charge is 0.264 e. The lowest BCUT2D eigenvalue weighted by Gasteiger charge is -2.01. The first-order valence-corrected chi connectivity index (χ1v) is 9.04. The minimum Gasteiger partial charge on any atom is -0.264 e. The van der Waals surface area contributed by atoms with Gasteiger partial charge in [-0.1, -0.05) is 88.3 Å². The molecule has 1 N–H and O–H groups in total. The summed E-state index contributed by atoms with van der Waals surface area (Å²) in [5.74, 6) is 0. The minimum atomic E-state index is -4.23. The zero-order valence-electron chi connectivity index (χ0n) is 12.9. The van der Waals surface area contributed by atoms with Crippen LogP contribution in [-0.4, -0.2) is 19.6 Å². The predicted molar refractivity (Wildman–Crippen MR) is 86.6 cm³/mol. The quantitative estimate of drug-likeness (QED) is 0.505. The van der Waals surface area contributed by atoms with E-state index < -0.39 is 10.4 Å². The number of hydrogen-bond acceptors (Lipinski definition) is 3. The van der Waals surface area contributed by atoms with Crippen molar-refractivity contribution in [1.29, 1.82) is 0 Å². The van der Waals surface area contributed by atoms with Crippen molar-refractivity contribution in [3.8, 4) is 0 Å². The topological polar surface area (TPSA) is 63.6 Å². The van der Waals surface area contributed by atoms with Crippen molar-refractivity contribution in [2.45, 2.75) is 58.3 Å². The first kappa shape index (κ1) is 20.1. The van der Waals surface area contributed by atoms with Crippen molar-refractivity contribution in [2.24, 2.45) is 0 Å². The van der Waals surface area contributed by atoms with Crippen LogP contribution in [0.5, 0.6) is 0 Å². The maximum Gasteiger partial charge on any atom is 0.397 e. The number of rotatable bonds is 10. The van der Waals surface area contributed by atoms with E-state index in [1.165, 1.54) is 32.1 Å². The van der Waals surface area contributed by atoms with Crippen molar-refractivity contribution in [1.82, 2.24) is 0 Å². The molecule has 0 atom stereocenters. The highest BCUT2D eigenvalue weighted by atomic mass is 32.3. The zero-order valence-corrected chi connectivity index (χ0v) is 13.7. The van der Waals surface area contributed by atoms with Crippen molar-refractivity contribution in [2.75, 3.05) is 6.61 Å². The molecule has 0 unspecified atom stereocenters. The average molecular weight is 316 g/mol. The first-order chi connectivity index (χ1) is 10.1. The highest BCUT2D eigenvalue weighted by molar-refractivity contribution is 7.80. The maximum absolute atomic E-state index is 10.2. The molecular weight excluding hydrogens is 288 g/mol. The molecule has 0 bridgehead atoms. The maximum atomic E-state index is 10.2. The Morgan fingerprint density at radius 3 is 1.52 bits per heavy atom. The van der Waals surface area contributed by atoms with Crippen LogP contribution in [0.25, 0.3) is 0 Å². The third-order valence-corrected chi connectivity index (χ3v) is 3.36. The van der Waals surface area contributed by atoms with Gasteiger partial charge < -0.3 is 0 Å². The number of unbranched alkanes of at least 4 members (excludes halogenated alkanes) is 7. The van der Waals surface area contributed by atoms with Crippen LogP contribution in [0.4, 0.5) is 0 Å². The molecule has 5 heteroatoms. The van der Waals surface area contributed by atoms with Crippen molar-refractivity contribution in [3.63, 3.8) is 0 Å². The normalized spacial score (nSPS) is 10.8. The van der Waals surface area contributed by atoms with Gasteiger partial charge in [0.2, 0.25) is 0 Å². The van der Waals surface area contributed by atoms with Crippen molar-refractivity contribution >= 4 is 10.4 Å². The van der Waals surface area contributed by atoms with Crippen LogP contribution in [-0.2, 0) is 14.6 Å². The molecule has 0 radical (unpaired) electrons. The molecule has 0 amide bonds. The van der Waals surface area contributed by atoms with E-state index in [0.29, 0.717) is 6.42 Å². The highest BCUT2D eigenvalue weighted by Gasteiger charge is 2.02. The van der Waals surface area contributed by atoms with Gasteiger partial charge in [-0.15, -0.1) is 0 Å². The molecule has 0 fully saturated rings. The van der Waals surface area contributed by atoms with E-state index in [9.17, 15) is 8.42 Å². The second-order valence-electron chi connectivity index (χ2n) is 4.88. The van der Waals surface area contributed by atoms with Gasteiger partial charge in [-0.2, -0.15) is 8.42 Å². The predicted octanol–water partition coefficient (Wildman–Crippen LogP) is 4.63. The summed E-state index contributed by atoms with van der Waals surface area (Å²) >= 11 is 0. The van der Waals surface area contributed by atoms with Gasteiger partial charge in [0.15, 0.2) is 0 Å². The standard InChI is InChI=1S/C10H22O4S.C6H6/c1-2-3-4-5-6-7-8-9-10-14-15(11,12)13;1-2-4-6-5-3-1/h2-10H2,1H3,(H,11,12,13);1-6H. The molecule has 21 heavy (non-hydrogen) atoms. The SMILES string of the molecule is CCCCCCCCCCOS(=O)(=O)O.c1ccccc1. The fourth-order valence-corrected chi connectivity index (χ4v) is 2.11.